The molecule has 53 heavy (non-hydrogen) atoms. The number of anilines is 1. The van der Waals surface area contributed by atoms with Crippen LogP contribution in [0.2, 0.25) is 0 Å². The first-order valence-corrected chi connectivity index (χ1v) is 18.8. The number of thioether (sulfide) groups is 1. The standard InChI is InChI=1S/C37H42N6O8S2/c1-21(2)19-24(39-36(48)51-37(3,4)5)30(44)41-35-38-25(20-53-35)27(42-49-6)31(45)40-28-32(46)43-26(17-18-52-33(28)43)34(47)50-29(22-13-9-7-10-14-22)23-15-11-8-12-16-23/h7-17,20-21,24,28-29,33H,18-19H2,1-6H3,(H,39,48)(H,40,45)(H,38,41,44)/b42-27-/t24-,28+,33+/m0/s1. The number of aromatic nitrogens is 1. The van der Waals surface area contributed by atoms with Crippen LogP contribution in [-0.2, 0) is 33.5 Å². The third-order valence-corrected chi connectivity index (χ3v) is 9.80. The Morgan fingerprint density at radius 1 is 1.02 bits per heavy atom. The van der Waals surface area contributed by atoms with Crippen LogP contribution in [0.4, 0.5) is 9.93 Å². The minimum absolute atomic E-state index is 0.0712. The van der Waals surface area contributed by atoms with E-state index in [0.29, 0.717) is 12.2 Å². The highest BCUT2D eigenvalue weighted by molar-refractivity contribution is 8.00. The zero-order chi connectivity index (χ0) is 38.3. The van der Waals surface area contributed by atoms with Gasteiger partial charge in [-0.15, -0.1) is 23.1 Å². The molecule has 16 heteroatoms. The minimum Gasteiger partial charge on any atom is -0.448 e. The van der Waals surface area contributed by atoms with Crippen LogP contribution in [0.5, 0.6) is 0 Å². The molecule has 3 atom stereocenters. The van der Waals surface area contributed by atoms with Crippen LogP contribution in [-0.4, -0.2) is 81.3 Å². The summed E-state index contributed by atoms with van der Waals surface area (Å²) in [5.74, 6) is -1.95. The van der Waals surface area contributed by atoms with Gasteiger partial charge in [-0.2, -0.15) is 0 Å². The number of carbonyl (C=O) groups excluding carboxylic acids is 5. The highest BCUT2D eigenvalue weighted by atomic mass is 32.2. The second-order valence-corrected chi connectivity index (χ2v) is 15.6. The number of hydrogen-bond donors (Lipinski definition) is 3. The Morgan fingerprint density at radius 3 is 2.25 bits per heavy atom. The molecule has 4 amide bonds. The number of nitrogens with zero attached hydrogens (tertiary/aromatic N) is 3. The van der Waals surface area contributed by atoms with Crippen LogP contribution in [0.1, 0.15) is 64.0 Å². The van der Waals surface area contributed by atoms with Gasteiger partial charge in [-0.05, 0) is 50.3 Å². The summed E-state index contributed by atoms with van der Waals surface area (Å²) in [6.45, 7) is 9.00. The molecule has 3 N–H and O–H groups in total. The third kappa shape index (κ3) is 9.81. The number of amides is 4. The lowest BCUT2D eigenvalue weighted by atomic mass is 10.0. The van der Waals surface area contributed by atoms with Crippen LogP contribution in [0.3, 0.4) is 0 Å². The summed E-state index contributed by atoms with van der Waals surface area (Å²) in [4.78, 5) is 76.9. The molecular formula is C37H42N6O8S2. The summed E-state index contributed by atoms with van der Waals surface area (Å²) in [5, 5.41) is 12.9. The molecule has 1 fully saturated rings. The Hall–Kier alpha value is -5.22. The van der Waals surface area contributed by atoms with E-state index in [2.05, 4.69) is 26.1 Å². The van der Waals surface area contributed by atoms with E-state index in [1.54, 1.807) is 26.8 Å². The normalized spacial score (nSPS) is 17.6. The average Bonchev–Trinajstić information content (AvgIpc) is 3.58. The summed E-state index contributed by atoms with van der Waals surface area (Å²) in [6.07, 6.45) is 0.550. The molecule has 3 heterocycles. The van der Waals surface area contributed by atoms with Crippen molar-refractivity contribution in [3.05, 3.63) is 94.6 Å². The first kappa shape index (κ1) is 39.0. The number of β-lactam (4-membered cyclic amide) rings is 1. The SMILES string of the molecule is CO/N=C(\C(=O)N[C@@H]1C(=O)N2C(C(=O)OC(c3ccccc3)c3ccccc3)=CCS[C@H]12)c1csc(NC(=O)[C@H](CC(C)C)NC(=O)OC(C)(C)C)n1. The molecule has 2 aliphatic heterocycles. The van der Waals surface area contributed by atoms with E-state index in [-0.39, 0.29) is 28.2 Å². The average molecular weight is 763 g/mol. The Morgan fingerprint density at radius 2 is 1.66 bits per heavy atom. The van der Waals surface area contributed by atoms with Gasteiger partial charge in [0.15, 0.2) is 16.9 Å². The predicted octanol–water partition coefficient (Wildman–Crippen LogP) is 4.99. The van der Waals surface area contributed by atoms with Crippen molar-refractivity contribution in [1.82, 2.24) is 20.5 Å². The molecule has 0 aliphatic carbocycles. The van der Waals surface area contributed by atoms with Crippen molar-refractivity contribution >= 4 is 63.7 Å². The molecule has 14 nitrogen and oxygen atoms in total. The Balaban J connectivity index is 1.24. The molecule has 1 saturated heterocycles. The Labute approximate surface area is 315 Å². The molecule has 0 spiro atoms. The van der Waals surface area contributed by atoms with Gasteiger partial charge >= 0.3 is 12.1 Å². The lowest BCUT2D eigenvalue weighted by Gasteiger charge is -2.48. The molecule has 0 radical (unpaired) electrons. The van der Waals surface area contributed by atoms with Crippen LogP contribution in [0.25, 0.3) is 0 Å². The van der Waals surface area contributed by atoms with Crippen molar-refractivity contribution in [2.24, 2.45) is 11.1 Å². The van der Waals surface area contributed by atoms with E-state index in [4.69, 9.17) is 14.3 Å². The highest BCUT2D eigenvalue weighted by Gasteiger charge is 2.53. The van der Waals surface area contributed by atoms with E-state index in [1.165, 1.54) is 29.2 Å². The van der Waals surface area contributed by atoms with Crippen molar-refractivity contribution in [2.45, 2.75) is 70.2 Å². The molecule has 0 bridgehead atoms. The number of hydrogen-bond acceptors (Lipinski definition) is 12. The molecular weight excluding hydrogens is 721 g/mol. The topological polar surface area (TPSA) is 178 Å². The van der Waals surface area contributed by atoms with Gasteiger partial charge in [0.1, 0.15) is 41.6 Å². The molecule has 280 valence electrons. The largest absolute Gasteiger partial charge is 0.448 e. The summed E-state index contributed by atoms with van der Waals surface area (Å²) >= 11 is 2.42. The first-order chi connectivity index (χ1) is 25.3. The fourth-order valence-electron chi connectivity index (χ4n) is 5.57. The number of ether oxygens (including phenoxy) is 2. The highest BCUT2D eigenvalue weighted by Crippen LogP contribution is 2.39. The number of thiazole rings is 1. The number of fused-ring (bicyclic) bond motifs is 1. The Bertz CT molecular complexity index is 1840. The van der Waals surface area contributed by atoms with Gasteiger partial charge in [0.25, 0.3) is 11.8 Å². The fraction of sp³-hybridized carbons (Fsp3) is 0.378. The number of benzene rings is 2. The molecule has 0 unspecified atom stereocenters. The zero-order valence-electron chi connectivity index (χ0n) is 30.2. The molecule has 1 aromatic heterocycles. The van der Waals surface area contributed by atoms with E-state index >= 15 is 0 Å². The summed E-state index contributed by atoms with van der Waals surface area (Å²) in [5.41, 5.74) is 0.757. The van der Waals surface area contributed by atoms with Gasteiger partial charge in [0.05, 0.1) is 0 Å². The molecule has 0 saturated carbocycles. The lowest BCUT2D eigenvalue weighted by molar-refractivity contribution is -0.154. The minimum atomic E-state index is -0.973. The predicted molar refractivity (Wildman–Crippen MR) is 201 cm³/mol. The number of rotatable bonds is 13. The molecule has 2 aliphatic rings. The number of esters is 1. The number of nitrogens with one attached hydrogen (secondary N) is 3. The third-order valence-electron chi connectivity index (χ3n) is 7.86. The lowest BCUT2D eigenvalue weighted by Crippen LogP contribution is -2.70. The van der Waals surface area contributed by atoms with Crippen molar-refractivity contribution in [3.8, 4) is 0 Å². The first-order valence-electron chi connectivity index (χ1n) is 16.9. The molecule has 2 aromatic carbocycles. The van der Waals surface area contributed by atoms with Crippen LogP contribution >= 0.6 is 23.1 Å². The summed E-state index contributed by atoms with van der Waals surface area (Å²) in [6, 6.07) is 16.8. The number of oxime groups is 1. The van der Waals surface area contributed by atoms with Gasteiger partial charge in [-0.25, -0.2) is 14.6 Å². The van der Waals surface area contributed by atoms with E-state index < -0.39 is 58.9 Å². The second kappa shape index (κ2) is 17.1. The Kier molecular flexibility index (Phi) is 12.6. The monoisotopic (exact) mass is 762 g/mol. The van der Waals surface area contributed by atoms with Gasteiger partial charge in [0.2, 0.25) is 5.91 Å². The summed E-state index contributed by atoms with van der Waals surface area (Å²) < 4.78 is 11.3. The maximum absolute atomic E-state index is 13.6. The fourth-order valence-corrected chi connectivity index (χ4v) is 7.46. The van der Waals surface area contributed by atoms with Gasteiger partial charge < -0.3 is 30.3 Å². The van der Waals surface area contributed by atoms with Crippen LogP contribution in [0.15, 0.2) is 83.0 Å². The molecule has 3 aromatic rings. The van der Waals surface area contributed by atoms with Gasteiger partial charge in [-0.3, -0.25) is 19.3 Å². The zero-order valence-corrected chi connectivity index (χ0v) is 31.8. The van der Waals surface area contributed by atoms with E-state index in [9.17, 15) is 24.0 Å². The van der Waals surface area contributed by atoms with Crippen molar-refractivity contribution in [2.75, 3.05) is 18.2 Å². The van der Waals surface area contributed by atoms with Gasteiger partial charge in [0, 0.05) is 11.1 Å². The van der Waals surface area contributed by atoms with Crippen molar-refractivity contribution < 1.29 is 38.3 Å². The van der Waals surface area contributed by atoms with Crippen molar-refractivity contribution in [3.63, 3.8) is 0 Å². The number of carbonyl (C=O) groups is 5. The maximum atomic E-state index is 13.6. The quantitative estimate of drug-likeness (QED) is 0.0931. The smallest absolute Gasteiger partial charge is 0.408 e. The maximum Gasteiger partial charge on any atom is 0.408 e. The van der Waals surface area contributed by atoms with E-state index in [1.807, 2.05) is 74.5 Å². The van der Waals surface area contributed by atoms with Crippen molar-refractivity contribution in [1.29, 1.82) is 0 Å². The van der Waals surface area contributed by atoms with E-state index in [0.717, 1.165) is 22.5 Å². The summed E-state index contributed by atoms with van der Waals surface area (Å²) in [7, 11) is 1.26. The van der Waals surface area contributed by atoms with Gasteiger partial charge in [-0.1, -0.05) is 79.7 Å². The number of alkyl carbamates (subject to hydrolysis) is 1. The molecule has 5 rings (SSSR count). The second-order valence-electron chi connectivity index (χ2n) is 13.6. The van der Waals surface area contributed by atoms with Crippen LogP contribution < -0.4 is 16.0 Å². The van der Waals surface area contributed by atoms with Crippen LogP contribution in [0, 0.1) is 5.92 Å².